The molecule has 0 aromatic heterocycles. The van der Waals surface area contributed by atoms with Gasteiger partial charge in [-0.2, -0.15) is 0 Å². The van der Waals surface area contributed by atoms with Gasteiger partial charge in [0.15, 0.2) is 11.5 Å². The zero-order valence-electron chi connectivity index (χ0n) is 16.2. The second-order valence-corrected chi connectivity index (χ2v) is 7.34. The van der Waals surface area contributed by atoms with E-state index in [4.69, 9.17) is 9.47 Å². The average Bonchev–Trinajstić information content (AvgIpc) is 3.06. The van der Waals surface area contributed by atoms with Crippen LogP contribution in [0.3, 0.4) is 0 Å². The Kier molecular flexibility index (Phi) is 6.38. The second kappa shape index (κ2) is 8.73. The lowest BCUT2D eigenvalue weighted by atomic mass is 9.97. The van der Waals surface area contributed by atoms with Crippen LogP contribution in [0.2, 0.25) is 0 Å². The third-order valence-electron chi connectivity index (χ3n) is 5.59. The molecule has 2 heterocycles. The lowest BCUT2D eigenvalue weighted by Crippen LogP contribution is -2.40. The summed E-state index contributed by atoms with van der Waals surface area (Å²) in [6.45, 7) is 6.26. The molecule has 2 aliphatic heterocycles. The van der Waals surface area contributed by atoms with Crippen molar-refractivity contribution < 1.29 is 14.3 Å². The molecule has 0 bridgehead atoms. The molecule has 6 heteroatoms. The first-order chi connectivity index (χ1) is 12.6. The topological polar surface area (TPSA) is 45.2 Å². The first kappa shape index (κ1) is 19.0. The van der Waals surface area contributed by atoms with Gasteiger partial charge in [-0.3, -0.25) is 9.69 Å². The summed E-state index contributed by atoms with van der Waals surface area (Å²) in [6.07, 6.45) is 2.10. The van der Waals surface area contributed by atoms with Crippen molar-refractivity contribution in [2.75, 3.05) is 67.1 Å². The van der Waals surface area contributed by atoms with Gasteiger partial charge >= 0.3 is 0 Å². The minimum Gasteiger partial charge on any atom is -0.493 e. The summed E-state index contributed by atoms with van der Waals surface area (Å²) in [7, 11) is 5.48. The van der Waals surface area contributed by atoms with Crippen LogP contribution in [0.15, 0.2) is 18.2 Å². The van der Waals surface area contributed by atoms with E-state index in [-0.39, 0.29) is 5.91 Å². The highest BCUT2D eigenvalue weighted by molar-refractivity contribution is 5.78. The molecule has 1 aromatic rings. The number of carbonyl (C=O) groups excluding carboxylic acids is 1. The van der Waals surface area contributed by atoms with Crippen molar-refractivity contribution in [3.05, 3.63) is 23.8 Å². The van der Waals surface area contributed by atoms with E-state index in [9.17, 15) is 4.79 Å². The molecule has 0 radical (unpaired) electrons. The quantitative estimate of drug-likeness (QED) is 0.798. The summed E-state index contributed by atoms with van der Waals surface area (Å²) < 4.78 is 11.0. The van der Waals surface area contributed by atoms with E-state index in [0.29, 0.717) is 12.5 Å². The zero-order chi connectivity index (χ0) is 18.5. The van der Waals surface area contributed by atoms with E-state index in [1.165, 1.54) is 0 Å². The predicted octanol–water partition coefficient (Wildman–Crippen LogP) is 1.66. The van der Waals surface area contributed by atoms with Crippen LogP contribution in [0.5, 0.6) is 11.5 Å². The Bertz CT molecular complexity index is 622. The van der Waals surface area contributed by atoms with Crippen LogP contribution >= 0.6 is 0 Å². The van der Waals surface area contributed by atoms with Crippen LogP contribution in [-0.4, -0.2) is 87.7 Å². The van der Waals surface area contributed by atoms with Gasteiger partial charge in [-0.15, -0.1) is 0 Å². The Hall–Kier alpha value is -1.79. The van der Waals surface area contributed by atoms with Crippen molar-refractivity contribution in [3.8, 4) is 11.5 Å². The number of nitrogens with zero attached hydrogens (tertiary/aromatic N) is 3. The van der Waals surface area contributed by atoms with Crippen LogP contribution in [0, 0.1) is 0 Å². The minimum absolute atomic E-state index is 0.249. The fourth-order valence-electron chi connectivity index (χ4n) is 4.02. The highest BCUT2D eigenvalue weighted by Crippen LogP contribution is 2.39. The summed E-state index contributed by atoms with van der Waals surface area (Å²) in [6, 6.07) is 6.00. The number of carbonyl (C=O) groups is 1. The normalized spacial score (nSPS) is 22.3. The average molecular weight is 361 g/mol. The van der Waals surface area contributed by atoms with Crippen LogP contribution in [0.1, 0.15) is 24.3 Å². The van der Waals surface area contributed by atoms with Crippen LogP contribution in [-0.2, 0) is 4.79 Å². The third-order valence-corrected chi connectivity index (χ3v) is 5.59. The van der Waals surface area contributed by atoms with Gasteiger partial charge in [0.2, 0.25) is 5.91 Å². The van der Waals surface area contributed by atoms with Crippen LogP contribution in [0.4, 0.5) is 0 Å². The summed E-state index contributed by atoms with van der Waals surface area (Å²) in [5.74, 6) is 2.10. The Morgan fingerprint density at radius 3 is 2.73 bits per heavy atom. The number of methoxy groups -OCH3 is 2. The molecule has 0 aliphatic carbocycles. The maximum absolute atomic E-state index is 12.8. The number of rotatable bonds is 5. The number of likely N-dealkylation sites (N-methyl/N-ethyl adjacent to an activating group) is 1. The van der Waals surface area contributed by atoms with Crippen molar-refractivity contribution in [3.63, 3.8) is 0 Å². The number of likely N-dealkylation sites (tertiary alicyclic amines) is 1. The molecular weight excluding hydrogens is 330 g/mol. The van der Waals surface area contributed by atoms with Crippen molar-refractivity contribution in [1.29, 1.82) is 0 Å². The number of hydrogen-bond donors (Lipinski definition) is 0. The summed E-state index contributed by atoms with van der Waals surface area (Å²) >= 11 is 0. The lowest BCUT2D eigenvalue weighted by molar-refractivity contribution is -0.131. The summed E-state index contributed by atoms with van der Waals surface area (Å²) in [5.41, 5.74) is 1.14. The van der Waals surface area contributed by atoms with Crippen molar-refractivity contribution in [2.24, 2.45) is 0 Å². The van der Waals surface area contributed by atoms with Crippen LogP contribution < -0.4 is 9.47 Å². The van der Waals surface area contributed by atoms with Gasteiger partial charge in [-0.05, 0) is 39.0 Å². The summed E-state index contributed by atoms with van der Waals surface area (Å²) in [4.78, 5) is 19.4. The molecule has 1 atom stereocenters. The van der Waals surface area contributed by atoms with Crippen molar-refractivity contribution in [1.82, 2.24) is 14.7 Å². The predicted molar refractivity (Wildman–Crippen MR) is 102 cm³/mol. The third kappa shape index (κ3) is 4.30. The molecule has 2 aliphatic rings. The molecule has 2 fully saturated rings. The van der Waals surface area contributed by atoms with Crippen molar-refractivity contribution in [2.45, 2.75) is 18.8 Å². The summed E-state index contributed by atoms with van der Waals surface area (Å²) in [5, 5.41) is 0. The molecule has 2 saturated heterocycles. The standard InChI is InChI=1S/C20H31N3O3/c1-21-9-5-10-22(13-12-21)15-19(24)23-11-8-16(14-23)17-6-4-7-18(25-2)20(17)26-3/h4,6-7,16H,5,8-15H2,1-3H3/t16-/m0/s1. The number of ether oxygens (including phenoxy) is 2. The highest BCUT2D eigenvalue weighted by atomic mass is 16.5. The Balaban J connectivity index is 1.61. The van der Waals surface area contributed by atoms with Gasteiger partial charge < -0.3 is 19.3 Å². The van der Waals surface area contributed by atoms with E-state index >= 15 is 0 Å². The molecule has 6 nitrogen and oxygen atoms in total. The number of amides is 1. The molecule has 3 rings (SSSR count). The van der Waals surface area contributed by atoms with E-state index in [2.05, 4.69) is 22.9 Å². The SMILES string of the molecule is COc1cccc([C@H]2CCN(C(=O)CN3CCCN(C)CC3)C2)c1OC. The molecule has 0 N–H and O–H groups in total. The maximum Gasteiger partial charge on any atom is 0.236 e. The van der Waals surface area contributed by atoms with Gasteiger partial charge in [-0.1, -0.05) is 12.1 Å². The Labute approximate surface area is 156 Å². The molecule has 144 valence electrons. The Morgan fingerprint density at radius 2 is 1.96 bits per heavy atom. The van der Waals surface area contributed by atoms with Gasteiger partial charge in [0, 0.05) is 37.7 Å². The van der Waals surface area contributed by atoms with E-state index in [1.807, 2.05) is 17.0 Å². The first-order valence-electron chi connectivity index (χ1n) is 9.52. The van der Waals surface area contributed by atoms with Gasteiger partial charge in [-0.25, -0.2) is 0 Å². The monoisotopic (exact) mass is 361 g/mol. The largest absolute Gasteiger partial charge is 0.493 e. The molecule has 1 amide bonds. The number of para-hydroxylation sites is 1. The van der Waals surface area contributed by atoms with Gasteiger partial charge in [0.1, 0.15) is 0 Å². The zero-order valence-corrected chi connectivity index (χ0v) is 16.2. The molecule has 0 spiro atoms. The first-order valence-corrected chi connectivity index (χ1v) is 9.52. The fraction of sp³-hybridized carbons (Fsp3) is 0.650. The Morgan fingerprint density at radius 1 is 1.12 bits per heavy atom. The lowest BCUT2D eigenvalue weighted by Gasteiger charge is -2.24. The van der Waals surface area contributed by atoms with E-state index < -0.39 is 0 Å². The second-order valence-electron chi connectivity index (χ2n) is 7.34. The molecule has 26 heavy (non-hydrogen) atoms. The van der Waals surface area contributed by atoms with Gasteiger partial charge in [0.25, 0.3) is 0 Å². The van der Waals surface area contributed by atoms with Gasteiger partial charge in [0.05, 0.1) is 20.8 Å². The van der Waals surface area contributed by atoms with Crippen LogP contribution in [0.25, 0.3) is 0 Å². The number of hydrogen-bond acceptors (Lipinski definition) is 5. The minimum atomic E-state index is 0.249. The maximum atomic E-state index is 12.8. The fourth-order valence-corrected chi connectivity index (χ4v) is 4.02. The number of benzene rings is 1. The molecule has 0 unspecified atom stereocenters. The molecular formula is C20H31N3O3. The van der Waals surface area contributed by atoms with Crippen molar-refractivity contribution >= 4 is 5.91 Å². The van der Waals surface area contributed by atoms with E-state index in [1.54, 1.807) is 14.2 Å². The highest BCUT2D eigenvalue weighted by Gasteiger charge is 2.30. The molecule has 1 aromatic carbocycles. The smallest absolute Gasteiger partial charge is 0.236 e. The van der Waals surface area contributed by atoms with E-state index in [0.717, 1.165) is 69.2 Å². The molecule has 0 saturated carbocycles.